The van der Waals surface area contributed by atoms with Gasteiger partial charge in [0, 0.05) is 11.6 Å². The maximum atomic E-state index is 5.73. The van der Waals surface area contributed by atoms with Crippen molar-refractivity contribution in [1.29, 1.82) is 0 Å². The summed E-state index contributed by atoms with van der Waals surface area (Å²) >= 11 is 0. The third-order valence-electron chi connectivity index (χ3n) is 2.04. The second kappa shape index (κ2) is 2.37. The Bertz CT molecular complexity index is 201. The van der Waals surface area contributed by atoms with Gasteiger partial charge in [-0.25, -0.2) is 0 Å². The van der Waals surface area contributed by atoms with E-state index in [9.17, 15) is 0 Å². The van der Waals surface area contributed by atoms with Gasteiger partial charge in [-0.2, -0.15) is 0 Å². The second-order valence-electron chi connectivity index (χ2n) is 2.89. The normalized spacial score (nSPS) is 26.6. The molecule has 1 aliphatic carbocycles. The summed E-state index contributed by atoms with van der Waals surface area (Å²) in [6, 6.07) is 0. The van der Waals surface area contributed by atoms with Gasteiger partial charge in [0.15, 0.2) is 0 Å². The van der Waals surface area contributed by atoms with Crippen LogP contribution < -0.4 is 11.5 Å². The van der Waals surface area contributed by atoms with Gasteiger partial charge in [-0.3, -0.25) is 0 Å². The van der Waals surface area contributed by atoms with Crippen LogP contribution in [0.25, 0.3) is 0 Å². The number of hydrogen-bond acceptors (Lipinski definition) is 2. The Morgan fingerprint density at radius 1 is 1.50 bits per heavy atom. The summed E-state index contributed by atoms with van der Waals surface area (Å²) in [5.41, 5.74) is 14.2. The smallest absolute Gasteiger partial charge is 0.0534 e. The van der Waals surface area contributed by atoms with Gasteiger partial charge in [-0.15, -0.1) is 0 Å². The lowest BCUT2D eigenvalue weighted by Gasteiger charge is -2.18. The van der Waals surface area contributed by atoms with E-state index in [0.717, 1.165) is 23.4 Å². The fraction of sp³-hybridized carbons (Fsp3) is 0.500. The van der Waals surface area contributed by atoms with E-state index in [-0.39, 0.29) is 0 Å². The molecule has 0 amide bonds. The third-order valence-corrected chi connectivity index (χ3v) is 2.04. The quantitative estimate of drug-likeness (QED) is 0.526. The Morgan fingerprint density at radius 3 is 2.60 bits per heavy atom. The molecule has 0 aromatic carbocycles. The van der Waals surface area contributed by atoms with E-state index in [1.165, 1.54) is 0 Å². The molecule has 0 heterocycles. The first kappa shape index (κ1) is 7.19. The van der Waals surface area contributed by atoms with Crippen molar-refractivity contribution in [1.82, 2.24) is 0 Å². The third kappa shape index (κ3) is 1.01. The lowest BCUT2D eigenvalue weighted by molar-refractivity contribution is 0.659. The van der Waals surface area contributed by atoms with Crippen LogP contribution >= 0.6 is 0 Å². The van der Waals surface area contributed by atoms with Gasteiger partial charge in [0.2, 0.25) is 0 Å². The molecule has 1 atom stereocenters. The number of hydrogen-bond donors (Lipinski definition) is 2. The first-order chi connectivity index (χ1) is 4.63. The highest BCUT2D eigenvalue weighted by molar-refractivity contribution is 5.34. The highest BCUT2D eigenvalue weighted by atomic mass is 14.7. The molecule has 4 N–H and O–H groups in total. The van der Waals surface area contributed by atoms with Crippen LogP contribution in [0.1, 0.15) is 20.3 Å². The molecule has 2 heteroatoms. The van der Waals surface area contributed by atoms with E-state index in [1.54, 1.807) is 0 Å². The SMILES string of the molecule is CC1=CCC(C)C(N)=C1N. The van der Waals surface area contributed by atoms with Crippen molar-refractivity contribution >= 4 is 0 Å². The van der Waals surface area contributed by atoms with Gasteiger partial charge in [0.05, 0.1) is 5.70 Å². The van der Waals surface area contributed by atoms with Crippen molar-refractivity contribution in [2.75, 3.05) is 0 Å². The summed E-state index contributed by atoms with van der Waals surface area (Å²) in [6.45, 7) is 4.08. The fourth-order valence-corrected chi connectivity index (χ4v) is 1.08. The van der Waals surface area contributed by atoms with Crippen molar-refractivity contribution in [2.45, 2.75) is 20.3 Å². The average molecular weight is 138 g/mol. The van der Waals surface area contributed by atoms with Gasteiger partial charge < -0.3 is 11.5 Å². The molecular formula is C8H14N2. The van der Waals surface area contributed by atoms with E-state index in [2.05, 4.69) is 13.0 Å². The summed E-state index contributed by atoms with van der Waals surface area (Å²) in [7, 11) is 0. The molecule has 1 rings (SSSR count). The lowest BCUT2D eigenvalue weighted by atomic mass is 9.93. The first-order valence-electron chi connectivity index (χ1n) is 3.55. The topological polar surface area (TPSA) is 52.0 Å². The summed E-state index contributed by atoms with van der Waals surface area (Å²) in [5.74, 6) is 0.420. The average Bonchev–Trinajstić information content (AvgIpc) is 1.93. The molecular weight excluding hydrogens is 124 g/mol. The minimum absolute atomic E-state index is 0.420. The van der Waals surface area contributed by atoms with Crippen molar-refractivity contribution in [3.8, 4) is 0 Å². The molecule has 0 aromatic rings. The number of allylic oxidation sites excluding steroid dienone is 3. The van der Waals surface area contributed by atoms with Gasteiger partial charge in [0.1, 0.15) is 0 Å². The molecule has 0 aliphatic heterocycles. The van der Waals surface area contributed by atoms with E-state index < -0.39 is 0 Å². The van der Waals surface area contributed by atoms with Crippen LogP contribution in [0.5, 0.6) is 0 Å². The molecule has 0 spiro atoms. The molecule has 0 aromatic heterocycles. The molecule has 0 radical (unpaired) electrons. The van der Waals surface area contributed by atoms with Gasteiger partial charge in [-0.1, -0.05) is 13.0 Å². The largest absolute Gasteiger partial charge is 0.400 e. The van der Waals surface area contributed by atoms with E-state index in [0.29, 0.717) is 5.92 Å². The Morgan fingerprint density at radius 2 is 2.10 bits per heavy atom. The summed E-state index contributed by atoms with van der Waals surface area (Å²) in [4.78, 5) is 0. The van der Waals surface area contributed by atoms with E-state index in [4.69, 9.17) is 11.5 Å². The molecule has 0 bridgehead atoms. The lowest BCUT2D eigenvalue weighted by Crippen LogP contribution is -2.19. The maximum Gasteiger partial charge on any atom is 0.0534 e. The molecule has 1 unspecified atom stereocenters. The van der Waals surface area contributed by atoms with Crippen LogP contribution in [-0.4, -0.2) is 0 Å². The summed E-state index contributed by atoms with van der Waals surface area (Å²) in [5, 5.41) is 0. The highest BCUT2D eigenvalue weighted by Crippen LogP contribution is 2.22. The second-order valence-corrected chi connectivity index (χ2v) is 2.89. The minimum atomic E-state index is 0.420. The number of nitrogens with two attached hydrogens (primary N) is 2. The Hall–Kier alpha value is -0.920. The minimum Gasteiger partial charge on any atom is -0.400 e. The summed E-state index contributed by atoms with van der Waals surface area (Å²) < 4.78 is 0. The van der Waals surface area contributed by atoms with Crippen molar-refractivity contribution in [3.05, 3.63) is 23.0 Å². The highest BCUT2D eigenvalue weighted by Gasteiger charge is 2.13. The van der Waals surface area contributed by atoms with Crippen molar-refractivity contribution in [2.24, 2.45) is 17.4 Å². The van der Waals surface area contributed by atoms with Crippen LogP contribution in [0.2, 0.25) is 0 Å². The first-order valence-corrected chi connectivity index (χ1v) is 3.55. The van der Waals surface area contributed by atoms with Gasteiger partial charge in [0.25, 0.3) is 0 Å². The predicted octanol–water partition coefficient (Wildman–Crippen LogP) is 1.10. The molecule has 10 heavy (non-hydrogen) atoms. The molecule has 56 valence electrons. The molecule has 1 aliphatic rings. The zero-order chi connectivity index (χ0) is 7.72. The van der Waals surface area contributed by atoms with Gasteiger partial charge >= 0.3 is 0 Å². The summed E-state index contributed by atoms with van der Waals surface area (Å²) in [6.07, 6.45) is 3.16. The monoisotopic (exact) mass is 138 g/mol. The van der Waals surface area contributed by atoms with Crippen LogP contribution in [-0.2, 0) is 0 Å². The Labute approximate surface area is 61.6 Å². The zero-order valence-electron chi connectivity index (χ0n) is 6.52. The molecule has 2 nitrogen and oxygen atoms in total. The fourth-order valence-electron chi connectivity index (χ4n) is 1.08. The number of rotatable bonds is 0. The standard InChI is InChI=1S/C8H14N2/c1-5-3-4-6(2)8(10)7(5)9/h3,6H,4,9-10H2,1-2H3. The van der Waals surface area contributed by atoms with Crippen LogP contribution in [0.15, 0.2) is 23.0 Å². The van der Waals surface area contributed by atoms with Crippen molar-refractivity contribution in [3.63, 3.8) is 0 Å². The predicted molar refractivity (Wildman–Crippen MR) is 42.9 cm³/mol. The van der Waals surface area contributed by atoms with Gasteiger partial charge in [-0.05, 0) is 18.9 Å². The molecule has 0 saturated carbocycles. The van der Waals surface area contributed by atoms with Crippen LogP contribution in [0, 0.1) is 5.92 Å². The zero-order valence-corrected chi connectivity index (χ0v) is 6.52. The van der Waals surface area contributed by atoms with E-state index in [1.807, 2.05) is 6.92 Å². The van der Waals surface area contributed by atoms with Crippen molar-refractivity contribution < 1.29 is 0 Å². The molecule has 0 saturated heterocycles. The Balaban J connectivity index is 2.94. The van der Waals surface area contributed by atoms with Crippen LogP contribution in [0.3, 0.4) is 0 Å². The maximum absolute atomic E-state index is 5.73. The van der Waals surface area contributed by atoms with E-state index >= 15 is 0 Å². The molecule has 0 fully saturated rings. The Kier molecular flexibility index (Phi) is 1.70. The van der Waals surface area contributed by atoms with Crippen LogP contribution in [0.4, 0.5) is 0 Å².